The molecular weight excluding hydrogens is 231 g/mol. The van der Waals surface area contributed by atoms with Crippen LogP contribution in [0.25, 0.3) is 0 Å². The Kier molecular flexibility index (Phi) is 4.34. The summed E-state index contributed by atoms with van der Waals surface area (Å²) in [6.45, 7) is 0. The van der Waals surface area contributed by atoms with Gasteiger partial charge in [-0.25, -0.2) is 4.39 Å². The monoisotopic (exact) mass is 250 g/mol. The van der Waals surface area contributed by atoms with Crippen LogP contribution >= 0.6 is 0 Å². The number of ketones is 1. The molecule has 1 aliphatic rings. The minimum atomic E-state index is -0.481. The maximum Gasteiger partial charge on any atom is 0.165 e. The Morgan fingerprint density at radius 3 is 2.72 bits per heavy atom. The Morgan fingerprint density at radius 1 is 1.39 bits per heavy atom. The van der Waals surface area contributed by atoms with Crippen LogP contribution in [0.15, 0.2) is 18.2 Å². The molecule has 1 saturated carbocycles. The fourth-order valence-electron chi connectivity index (χ4n) is 2.62. The molecule has 1 aliphatic carbocycles. The lowest BCUT2D eigenvalue weighted by atomic mass is 9.97. The zero-order valence-electron chi connectivity index (χ0n) is 10.7. The lowest BCUT2D eigenvalue weighted by Crippen LogP contribution is -2.05. The SMILES string of the molecule is COc1ccc(C(=O)CCC2CCCC2)c(F)c1. The molecular formula is C15H19FO2. The maximum absolute atomic E-state index is 13.7. The van der Waals surface area contributed by atoms with Crippen LogP contribution in [0.3, 0.4) is 0 Å². The fourth-order valence-corrected chi connectivity index (χ4v) is 2.62. The third-order valence-electron chi connectivity index (χ3n) is 3.73. The first-order valence-corrected chi connectivity index (χ1v) is 6.57. The predicted molar refractivity (Wildman–Crippen MR) is 68.5 cm³/mol. The van der Waals surface area contributed by atoms with Crippen molar-refractivity contribution in [2.45, 2.75) is 38.5 Å². The van der Waals surface area contributed by atoms with Gasteiger partial charge < -0.3 is 4.74 Å². The summed E-state index contributed by atoms with van der Waals surface area (Å²) < 4.78 is 18.6. The van der Waals surface area contributed by atoms with E-state index in [1.165, 1.54) is 44.9 Å². The lowest BCUT2D eigenvalue weighted by molar-refractivity contribution is 0.0970. The van der Waals surface area contributed by atoms with Crippen molar-refractivity contribution in [2.75, 3.05) is 7.11 Å². The summed E-state index contributed by atoms with van der Waals surface area (Å²) in [5.41, 5.74) is 0.189. The number of hydrogen-bond donors (Lipinski definition) is 0. The van der Waals surface area contributed by atoms with Crippen molar-refractivity contribution in [3.05, 3.63) is 29.6 Å². The Bertz CT molecular complexity index is 423. The molecule has 0 spiro atoms. The van der Waals surface area contributed by atoms with Gasteiger partial charge in [-0.05, 0) is 24.5 Å². The lowest BCUT2D eigenvalue weighted by Gasteiger charge is -2.08. The predicted octanol–water partition coefficient (Wildman–Crippen LogP) is 3.99. The molecule has 1 fully saturated rings. The van der Waals surface area contributed by atoms with Gasteiger partial charge >= 0.3 is 0 Å². The highest BCUT2D eigenvalue weighted by atomic mass is 19.1. The molecule has 1 aromatic carbocycles. The summed E-state index contributed by atoms with van der Waals surface area (Å²) in [5.74, 6) is 0.530. The van der Waals surface area contributed by atoms with Crippen molar-refractivity contribution in [1.29, 1.82) is 0 Å². The molecule has 0 heterocycles. The number of rotatable bonds is 5. The molecule has 2 nitrogen and oxygen atoms in total. The number of Topliss-reactive ketones (excluding diaryl/α,β-unsaturated/α-hetero) is 1. The summed E-state index contributed by atoms with van der Waals surface area (Å²) in [7, 11) is 1.48. The van der Waals surface area contributed by atoms with E-state index in [4.69, 9.17) is 4.74 Å². The third kappa shape index (κ3) is 3.09. The van der Waals surface area contributed by atoms with Gasteiger partial charge in [0, 0.05) is 12.5 Å². The van der Waals surface area contributed by atoms with Gasteiger partial charge in [-0.3, -0.25) is 4.79 Å². The van der Waals surface area contributed by atoms with Crippen LogP contribution < -0.4 is 4.74 Å². The number of hydrogen-bond acceptors (Lipinski definition) is 2. The number of halogens is 1. The number of ether oxygens (including phenoxy) is 1. The molecule has 0 aliphatic heterocycles. The van der Waals surface area contributed by atoms with Crippen LogP contribution in [0.4, 0.5) is 4.39 Å². The number of carbonyl (C=O) groups excluding carboxylic acids is 1. The van der Waals surface area contributed by atoms with Crippen LogP contribution in [-0.4, -0.2) is 12.9 Å². The van der Waals surface area contributed by atoms with Gasteiger partial charge in [-0.15, -0.1) is 0 Å². The highest BCUT2D eigenvalue weighted by molar-refractivity contribution is 5.96. The summed E-state index contributed by atoms with van der Waals surface area (Å²) >= 11 is 0. The van der Waals surface area contributed by atoms with Crippen LogP contribution in [0.1, 0.15) is 48.9 Å². The second-order valence-electron chi connectivity index (χ2n) is 4.96. The summed E-state index contributed by atoms with van der Waals surface area (Å²) in [6.07, 6.45) is 6.33. The molecule has 2 rings (SSSR count). The zero-order chi connectivity index (χ0) is 13.0. The molecule has 18 heavy (non-hydrogen) atoms. The largest absolute Gasteiger partial charge is 0.497 e. The highest BCUT2D eigenvalue weighted by Crippen LogP contribution is 2.29. The van der Waals surface area contributed by atoms with Crippen LogP contribution in [0.2, 0.25) is 0 Å². The first-order chi connectivity index (χ1) is 8.70. The minimum Gasteiger partial charge on any atom is -0.497 e. The van der Waals surface area contributed by atoms with E-state index in [0.717, 1.165) is 6.42 Å². The number of carbonyl (C=O) groups is 1. The molecule has 98 valence electrons. The van der Waals surface area contributed by atoms with E-state index in [2.05, 4.69) is 0 Å². The van der Waals surface area contributed by atoms with Crippen molar-refractivity contribution in [1.82, 2.24) is 0 Å². The molecule has 0 atom stereocenters. The van der Waals surface area contributed by atoms with E-state index in [1.807, 2.05) is 0 Å². The van der Waals surface area contributed by atoms with Gasteiger partial charge in [0.25, 0.3) is 0 Å². The Morgan fingerprint density at radius 2 is 2.11 bits per heavy atom. The van der Waals surface area contributed by atoms with Gasteiger partial charge in [0.05, 0.1) is 12.7 Å². The van der Waals surface area contributed by atoms with E-state index < -0.39 is 5.82 Å². The third-order valence-corrected chi connectivity index (χ3v) is 3.73. The second-order valence-corrected chi connectivity index (χ2v) is 4.96. The molecule has 3 heteroatoms. The quantitative estimate of drug-likeness (QED) is 0.739. The van der Waals surface area contributed by atoms with E-state index in [9.17, 15) is 9.18 Å². The molecule has 0 radical (unpaired) electrons. The van der Waals surface area contributed by atoms with Crippen LogP contribution in [0, 0.1) is 11.7 Å². The van der Waals surface area contributed by atoms with Gasteiger partial charge in [0.15, 0.2) is 5.78 Å². The molecule has 1 aromatic rings. The Hall–Kier alpha value is -1.38. The maximum atomic E-state index is 13.7. The molecule has 0 aromatic heterocycles. The first-order valence-electron chi connectivity index (χ1n) is 6.57. The molecule has 0 saturated heterocycles. The van der Waals surface area contributed by atoms with Crippen molar-refractivity contribution in [3.8, 4) is 5.75 Å². The van der Waals surface area contributed by atoms with Crippen molar-refractivity contribution < 1.29 is 13.9 Å². The average Bonchev–Trinajstić information content (AvgIpc) is 2.88. The summed E-state index contributed by atoms with van der Waals surface area (Å²) in [5, 5.41) is 0. The molecule has 0 N–H and O–H groups in total. The van der Waals surface area contributed by atoms with Gasteiger partial charge in [-0.2, -0.15) is 0 Å². The van der Waals surface area contributed by atoms with Crippen molar-refractivity contribution in [3.63, 3.8) is 0 Å². The number of methoxy groups -OCH3 is 1. The molecule has 0 unspecified atom stereocenters. The fraction of sp³-hybridized carbons (Fsp3) is 0.533. The topological polar surface area (TPSA) is 26.3 Å². The average molecular weight is 250 g/mol. The first kappa shape index (κ1) is 13.1. The van der Waals surface area contributed by atoms with Crippen LogP contribution in [0.5, 0.6) is 5.75 Å². The minimum absolute atomic E-state index is 0.0953. The summed E-state index contributed by atoms with van der Waals surface area (Å²) in [4.78, 5) is 11.9. The zero-order valence-corrected chi connectivity index (χ0v) is 10.7. The van der Waals surface area contributed by atoms with E-state index in [-0.39, 0.29) is 11.3 Å². The van der Waals surface area contributed by atoms with Crippen molar-refractivity contribution >= 4 is 5.78 Å². The molecule has 0 bridgehead atoms. The smallest absolute Gasteiger partial charge is 0.165 e. The van der Waals surface area contributed by atoms with E-state index >= 15 is 0 Å². The normalized spacial score (nSPS) is 15.9. The summed E-state index contributed by atoms with van der Waals surface area (Å²) in [6, 6.07) is 4.42. The Balaban J connectivity index is 1.95. The van der Waals surface area contributed by atoms with Crippen molar-refractivity contribution in [2.24, 2.45) is 5.92 Å². The van der Waals surface area contributed by atoms with Gasteiger partial charge in [0.2, 0.25) is 0 Å². The van der Waals surface area contributed by atoms with Crippen LogP contribution in [-0.2, 0) is 0 Å². The van der Waals surface area contributed by atoms with Gasteiger partial charge in [0.1, 0.15) is 11.6 Å². The second kappa shape index (κ2) is 5.98. The highest BCUT2D eigenvalue weighted by Gasteiger charge is 2.18. The van der Waals surface area contributed by atoms with Gasteiger partial charge in [-0.1, -0.05) is 25.7 Å². The Labute approximate surface area is 107 Å². The standard InChI is InChI=1S/C15H19FO2/c1-18-12-7-8-13(14(16)10-12)15(17)9-6-11-4-2-3-5-11/h7-8,10-11H,2-6,9H2,1H3. The van der Waals surface area contributed by atoms with E-state index in [0.29, 0.717) is 18.1 Å². The number of benzene rings is 1. The van der Waals surface area contributed by atoms with E-state index in [1.54, 1.807) is 6.07 Å². The molecule has 0 amide bonds.